The van der Waals surface area contributed by atoms with Crippen molar-refractivity contribution in [2.75, 3.05) is 18.4 Å². The number of nitrogens with one attached hydrogen (secondary N) is 2. The molecule has 1 aromatic rings. The number of para-hydroxylation sites is 1. The third-order valence-electron chi connectivity index (χ3n) is 3.45. The molecule has 1 amide bonds. The van der Waals surface area contributed by atoms with Gasteiger partial charge in [0.05, 0.1) is 5.41 Å². The molecule has 2 heterocycles. The zero-order valence-corrected chi connectivity index (χ0v) is 10.2. The first-order valence-corrected chi connectivity index (χ1v) is 5.60. The van der Waals surface area contributed by atoms with E-state index in [0.29, 0.717) is 6.54 Å². The number of hydrogen-bond acceptors (Lipinski definition) is 2. The van der Waals surface area contributed by atoms with Crippen molar-refractivity contribution in [2.45, 2.75) is 11.8 Å². The Balaban J connectivity index is 0.00000108. The molecule has 17 heavy (non-hydrogen) atoms. The van der Waals surface area contributed by atoms with Gasteiger partial charge < -0.3 is 10.6 Å². The molecule has 0 saturated heterocycles. The van der Waals surface area contributed by atoms with Gasteiger partial charge in [0.25, 0.3) is 0 Å². The monoisotopic (exact) mass is 250 g/mol. The van der Waals surface area contributed by atoms with E-state index in [2.05, 4.69) is 22.8 Å². The first-order valence-electron chi connectivity index (χ1n) is 5.60. The van der Waals surface area contributed by atoms with Gasteiger partial charge in [0, 0.05) is 18.8 Å². The lowest BCUT2D eigenvalue weighted by molar-refractivity contribution is -0.120. The second kappa shape index (κ2) is 4.51. The largest absolute Gasteiger partial charge is 0.325 e. The summed E-state index contributed by atoms with van der Waals surface area (Å²) in [5, 5.41) is 6.28. The first-order chi connectivity index (χ1) is 7.83. The van der Waals surface area contributed by atoms with E-state index in [9.17, 15) is 4.79 Å². The molecule has 1 spiro atoms. The molecule has 0 aromatic heterocycles. The molecule has 0 radical (unpaired) electrons. The average Bonchev–Trinajstić information content (AvgIpc) is 2.49. The van der Waals surface area contributed by atoms with E-state index in [1.54, 1.807) is 0 Å². The predicted molar refractivity (Wildman–Crippen MR) is 70.6 cm³/mol. The van der Waals surface area contributed by atoms with Crippen molar-refractivity contribution in [1.29, 1.82) is 0 Å². The van der Waals surface area contributed by atoms with E-state index >= 15 is 0 Å². The fraction of sp³-hybridized carbons (Fsp3) is 0.308. The van der Waals surface area contributed by atoms with Gasteiger partial charge in [0.15, 0.2) is 0 Å². The number of fused-ring (bicyclic) bond motifs is 2. The molecule has 0 fully saturated rings. The third-order valence-corrected chi connectivity index (χ3v) is 3.45. The van der Waals surface area contributed by atoms with Crippen molar-refractivity contribution >= 4 is 24.0 Å². The van der Waals surface area contributed by atoms with Gasteiger partial charge in [-0.3, -0.25) is 4.79 Å². The summed E-state index contributed by atoms with van der Waals surface area (Å²) >= 11 is 0. The Hall–Kier alpha value is -1.32. The molecular formula is C13H15ClN2O. The quantitative estimate of drug-likeness (QED) is 0.690. The van der Waals surface area contributed by atoms with Crippen LogP contribution in [0, 0.1) is 0 Å². The smallest absolute Gasteiger partial charge is 0.236 e. The third kappa shape index (κ3) is 1.75. The van der Waals surface area contributed by atoms with Crippen LogP contribution in [0.5, 0.6) is 0 Å². The maximum Gasteiger partial charge on any atom is 0.236 e. The van der Waals surface area contributed by atoms with Crippen LogP contribution in [-0.4, -0.2) is 19.0 Å². The number of rotatable bonds is 0. The minimum absolute atomic E-state index is 0. The molecule has 1 atom stereocenters. The maximum absolute atomic E-state index is 12.2. The van der Waals surface area contributed by atoms with Gasteiger partial charge in [0.2, 0.25) is 5.91 Å². The molecule has 2 aliphatic heterocycles. The summed E-state index contributed by atoms with van der Waals surface area (Å²) in [5.41, 5.74) is 1.69. The molecule has 0 saturated carbocycles. The Morgan fingerprint density at radius 3 is 2.88 bits per heavy atom. The number of benzene rings is 1. The van der Waals surface area contributed by atoms with Gasteiger partial charge in [-0.1, -0.05) is 30.4 Å². The summed E-state index contributed by atoms with van der Waals surface area (Å²) in [5.74, 6) is 0.118. The van der Waals surface area contributed by atoms with Gasteiger partial charge in [-0.25, -0.2) is 0 Å². The Kier molecular flexibility index (Phi) is 3.22. The average molecular weight is 251 g/mol. The molecule has 4 heteroatoms. The van der Waals surface area contributed by atoms with Crippen LogP contribution in [0.4, 0.5) is 5.69 Å². The van der Waals surface area contributed by atoms with E-state index in [0.717, 1.165) is 24.2 Å². The first kappa shape index (κ1) is 12.1. The molecule has 2 aliphatic rings. The fourth-order valence-corrected chi connectivity index (χ4v) is 2.56. The van der Waals surface area contributed by atoms with Crippen LogP contribution >= 0.6 is 12.4 Å². The fourth-order valence-electron chi connectivity index (χ4n) is 2.56. The minimum Gasteiger partial charge on any atom is -0.325 e. The van der Waals surface area contributed by atoms with E-state index in [1.807, 2.05) is 24.3 Å². The van der Waals surface area contributed by atoms with Crippen molar-refractivity contribution in [3.8, 4) is 0 Å². The SMILES string of the molecule is Cl.O=C1Nc2ccccc2[C@]12CC=CCNC2. The molecule has 0 bridgehead atoms. The van der Waals surface area contributed by atoms with Crippen LogP contribution in [0.15, 0.2) is 36.4 Å². The maximum atomic E-state index is 12.2. The molecular weight excluding hydrogens is 236 g/mol. The van der Waals surface area contributed by atoms with Crippen LogP contribution in [-0.2, 0) is 10.2 Å². The van der Waals surface area contributed by atoms with Crippen LogP contribution in [0.1, 0.15) is 12.0 Å². The lowest BCUT2D eigenvalue weighted by Crippen LogP contribution is -2.42. The van der Waals surface area contributed by atoms with Gasteiger partial charge >= 0.3 is 0 Å². The highest BCUT2D eigenvalue weighted by atomic mass is 35.5. The highest BCUT2D eigenvalue weighted by Gasteiger charge is 2.45. The Bertz CT molecular complexity index is 472. The van der Waals surface area contributed by atoms with Gasteiger partial charge in [-0.2, -0.15) is 0 Å². The Morgan fingerprint density at radius 1 is 1.18 bits per heavy atom. The lowest BCUT2D eigenvalue weighted by Gasteiger charge is -2.24. The number of anilines is 1. The summed E-state index contributed by atoms with van der Waals surface area (Å²) in [4.78, 5) is 12.2. The number of halogens is 1. The number of allylic oxidation sites excluding steroid dienone is 1. The second-order valence-electron chi connectivity index (χ2n) is 4.39. The van der Waals surface area contributed by atoms with Crippen LogP contribution in [0.3, 0.4) is 0 Å². The van der Waals surface area contributed by atoms with Gasteiger partial charge in [-0.05, 0) is 18.1 Å². The predicted octanol–water partition coefficient (Wildman–Crippen LogP) is 1.85. The van der Waals surface area contributed by atoms with Crippen molar-refractivity contribution in [2.24, 2.45) is 0 Å². The minimum atomic E-state index is -0.399. The normalized spacial score (nSPS) is 26.0. The highest BCUT2D eigenvalue weighted by Crippen LogP contribution is 2.40. The summed E-state index contributed by atoms with van der Waals surface area (Å²) in [7, 11) is 0. The van der Waals surface area contributed by atoms with Crippen LogP contribution < -0.4 is 10.6 Å². The summed E-state index contributed by atoms with van der Waals surface area (Å²) in [6, 6.07) is 7.97. The zero-order chi connectivity index (χ0) is 11.0. The lowest BCUT2D eigenvalue weighted by atomic mass is 9.79. The molecule has 3 rings (SSSR count). The molecule has 2 N–H and O–H groups in total. The summed E-state index contributed by atoms with van der Waals surface area (Å²) in [6.45, 7) is 1.56. The van der Waals surface area contributed by atoms with Crippen LogP contribution in [0.25, 0.3) is 0 Å². The zero-order valence-electron chi connectivity index (χ0n) is 9.40. The molecule has 90 valence electrons. The van der Waals surface area contributed by atoms with E-state index in [4.69, 9.17) is 0 Å². The number of amides is 1. The molecule has 1 aromatic carbocycles. The van der Waals surface area contributed by atoms with Crippen molar-refractivity contribution in [1.82, 2.24) is 5.32 Å². The van der Waals surface area contributed by atoms with Crippen molar-refractivity contribution in [3.05, 3.63) is 42.0 Å². The van der Waals surface area contributed by atoms with Gasteiger partial charge in [-0.15, -0.1) is 12.4 Å². The highest BCUT2D eigenvalue weighted by molar-refractivity contribution is 6.06. The van der Waals surface area contributed by atoms with Gasteiger partial charge in [0.1, 0.15) is 0 Å². The topological polar surface area (TPSA) is 41.1 Å². The number of carbonyl (C=O) groups is 1. The summed E-state index contributed by atoms with van der Waals surface area (Å²) in [6.07, 6.45) is 4.97. The Morgan fingerprint density at radius 2 is 2.00 bits per heavy atom. The second-order valence-corrected chi connectivity index (χ2v) is 4.39. The van der Waals surface area contributed by atoms with Crippen LogP contribution in [0.2, 0.25) is 0 Å². The Labute approximate surface area is 107 Å². The number of hydrogen-bond donors (Lipinski definition) is 2. The standard InChI is InChI=1S/C13H14N2O.ClH/c16-12-13(7-3-4-8-14-9-13)10-5-1-2-6-11(10)15-12;/h1-6,14H,7-9H2,(H,15,16);1H/t13-;/m1./s1. The van der Waals surface area contributed by atoms with E-state index < -0.39 is 5.41 Å². The molecule has 3 nitrogen and oxygen atoms in total. The molecule has 0 aliphatic carbocycles. The van der Waals surface area contributed by atoms with E-state index in [1.165, 1.54) is 0 Å². The summed E-state index contributed by atoms with van der Waals surface area (Å²) < 4.78 is 0. The van der Waals surface area contributed by atoms with E-state index in [-0.39, 0.29) is 18.3 Å². The number of carbonyl (C=O) groups excluding carboxylic acids is 1. The molecule has 0 unspecified atom stereocenters. The van der Waals surface area contributed by atoms with Crippen molar-refractivity contribution < 1.29 is 4.79 Å². The van der Waals surface area contributed by atoms with Crippen molar-refractivity contribution in [3.63, 3.8) is 0 Å².